The molecule has 1 aromatic heterocycles. The number of carbonyl (C=O) groups is 1. The van der Waals surface area contributed by atoms with Gasteiger partial charge in [-0.2, -0.15) is 0 Å². The number of amides is 1. The molecule has 0 unspecified atom stereocenters. The minimum Gasteiger partial charge on any atom is -0.376 e. The summed E-state index contributed by atoms with van der Waals surface area (Å²) in [6, 6.07) is 7.99. The first-order chi connectivity index (χ1) is 8.84. The van der Waals surface area contributed by atoms with E-state index in [1.54, 1.807) is 11.3 Å². The van der Waals surface area contributed by atoms with Gasteiger partial charge < -0.3 is 10.1 Å². The fourth-order valence-electron chi connectivity index (χ4n) is 2.26. The van der Waals surface area contributed by atoms with E-state index in [9.17, 15) is 4.79 Å². The summed E-state index contributed by atoms with van der Waals surface area (Å²) in [4.78, 5) is 12.1. The topological polar surface area (TPSA) is 38.3 Å². The van der Waals surface area contributed by atoms with Crippen molar-refractivity contribution in [2.75, 3.05) is 13.2 Å². The Kier molecular flexibility index (Phi) is 3.30. The van der Waals surface area contributed by atoms with Crippen molar-refractivity contribution in [3.63, 3.8) is 0 Å². The molecule has 1 amide bonds. The van der Waals surface area contributed by atoms with E-state index < -0.39 is 0 Å². The molecule has 3 rings (SSSR count). The van der Waals surface area contributed by atoms with E-state index in [2.05, 4.69) is 5.32 Å². The van der Waals surface area contributed by atoms with Crippen LogP contribution in [0, 0.1) is 0 Å². The number of rotatable bonds is 3. The molecular formula is C14H15NO2S. The lowest BCUT2D eigenvalue weighted by molar-refractivity contribution is 0.0859. The third-order valence-corrected chi connectivity index (χ3v) is 4.20. The second-order valence-electron chi connectivity index (χ2n) is 4.49. The molecule has 3 nitrogen and oxygen atoms in total. The molecule has 0 spiro atoms. The minimum absolute atomic E-state index is 0.00273. The monoisotopic (exact) mass is 261 g/mol. The van der Waals surface area contributed by atoms with E-state index >= 15 is 0 Å². The van der Waals surface area contributed by atoms with Crippen molar-refractivity contribution >= 4 is 27.3 Å². The number of carbonyl (C=O) groups excluding carboxylic acids is 1. The molecule has 1 N–H and O–H groups in total. The predicted molar refractivity (Wildman–Crippen MR) is 73.1 cm³/mol. The summed E-state index contributed by atoms with van der Waals surface area (Å²) in [6.07, 6.45) is 2.34. The molecule has 1 aliphatic rings. The van der Waals surface area contributed by atoms with Crippen LogP contribution in [0.2, 0.25) is 0 Å². The lowest BCUT2D eigenvalue weighted by Crippen LogP contribution is -2.31. The van der Waals surface area contributed by atoms with Crippen LogP contribution in [0.1, 0.15) is 23.2 Å². The number of hydrogen-bond donors (Lipinski definition) is 1. The highest BCUT2D eigenvalue weighted by Crippen LogP contribution is 2.25. The van der Waals surface area contributed by atoms with Crippen molar-refractivity contribution in [3.8, 4) is 0 Å². The maximum Gasteiger partial charge on any atom is 0.252 e. The molecule has 1 aliphatic heterocycles. The van der Waals surface area contributed by atoms with Crippen LogP contribution < -0.4 is 5.32 Å². The summed E-state index contributed by atoms with van der Waals surface area (Å²) in [6.45, 7) is 1.44. The quantitative estimate of drug-likeness (QED) is 0.922. The van der Waals surface area contributed by atoms with E-state index in [-0.39, 0.29) is 12.0 Å². The smallest absolute Gasteiger partial charge is 0.252 e. The molecule has 0 saturated carbocycles. The molecule has 1 atom stereocenters. The van der Waals surface area contributed by atoms with Crippen molar-refractivity contribution in [2.45, 2.75) is 18.9 Å². The van der Waals surface area contributed by atoms with Gasteiger partial charge in [0.25, 0.3) is 5.91 Å². The molecule has 2 heterocycles. The van der Waals surface area contributed by atoms with Crippen LogP contribution in [-0.4, -0.2) is 25.2 Å². The van der Waals surface area contributed by atoms with Crippen LogP contribution in [0.4, 0.5) is 0 Å². The molecule has 94 valence electrons. The summed E-state index contributed by atoms with van der Waals surface area (Å²) < 4.78 is 6.65. The lowest BCUT2D eigenvalue weighted by Gasteiger charge is -2.10. The number of thiophene rings is 1. The number of hydrogen-bond acceptors (Lipinski definition) is 3. The maximum atomic E-state index is 12.1. The number of benzene rings is 1. The van der Waals surface area contributed by atoms with E-state index in [1.165, 1.54) is 0 Å². The zero-order chi connectivity index (χ0) is 12.4. The highest BCUT2D eigenvalue weighted by Gasteiger charge is 2.17. The molecule has 0 radical (unpaired) electrons. The average Bonchev–Trinajstić information content (AvgIpc) is 3.05. The van der Waals surface area contributed by atoms with Crippen LogP contribution in [-0.2, 0) is 4.74 Å². The first-order valence-electron chi connectivity index (χ1n) is 6.20. The van der Waals surface area contributed by atoms with Gasteiger partial charge in [-0.1, -0.05) is 18.2 Å². The number of ether oxygens (including phenoxy) is 1. The maximum absolute atomic E-state index is 12.1. The van der Waals surface area contributed by atoms with Crippen molar-refractivity contribution in [2.24, 2.45) is 0 Å². The van der Waals surface area contributed by atoms with Crippen molar-refractivity contribution < 1.29 is 9.53 Å². The molecule has 0 aliphatic carbocycles. The molecule has 1 saturated heterocycles. The van der Waals surface area contributed by atoms with Gasteiger partial charge in [0.2, 0.25) is 0 Å². The van der Waals surface area contributed by atoms with Gasteiger partial charge in [0.1, 0.15) is 0 Å². The number of nitrogens with one attached hydrogen (secondary N) is 1. The van der Waals surface area contributed by atoms with Crippen LogP contribution in [0.25, 0.3) is 10.1 Å². The summed E-state index contributed by atoms with van der Waals surface area (Å²) >= 11 is 1.61. The molecule has 18 heavy (non-hydrogen) atoms. The highest BCUT2D eigenvalue weighted by molar-refractivity contribution is 7.17. The van der Waals surface area contributed by atoms with Crippen molar-refractivity contribution in [1.82, 2.24) is 5.32 Å². The molecule has 2 aromatic rings. The van der Waals surface area contributed by atoms with Gasteiger partial charge in [-0.25, -0.2) is 0 Å². The summed E-state index contributed by atoms with van der Waals surface area (Å²) in [7, 11) is 0. The van der Waals surface area contributed by atoms with Crippen molar-refractivity contribution in [3.05, 3.63) is 35.2 Å². The molecule has 4 heteroatoms. The van der Waals surface area contributed by atoms with E-state index in [0.29, 0.717) is 6.54 Å². The zero-order valence-corrected chi connectivity index (χ0v) is 10.8. The molecular weight excluding hydrogens is 246 g/mol. The molecule has 0 bridgehead atoms. The Morgan fingerprint density at radius 3 is 3.17 bits per heavy atom. The predicted octanol–water partition coefficient (Wildman–Crippen LogP) is 2.81. The fraction of sp³-hybridized carbons (Fsp3) is 0.357. The number of fused-ring (bicyclic) bond motifs is 1. The third-order valence-electron chi connectivity index (χ3n) is 3.24. The van der Waals surface area contributed by atoms with Gasteiger partial charge in [-0.3, -0.25) is 4.79 Å². The van der Waals surface area contributed by atoms with Gasteiger partial charge >= 0.3 is 0 Å². The molecule has 1 fully saturated rings. The van der Waals surface area contributed by atoms with Gasteiger partial charge in [0.05, 0.1) is 11.7 Å². The Bertz CT molecular complexity index is 558. The second-order valence-corrected chi connectivity index (χ2v) is 5.40. The van der Waals surface area contributed by atoms with E-state index in [1.807, 2.05) is 29.6 Å². The Hall–Kier alpha value is -1.39. The Balaban J connectivity index is 1.71. The Labute approximate surface area is 110 Å². The van der Waals surface area contributed by atoms with E-state index in [4.69, 9.17) is 4.74 Å². The fourth-order valence-corrected chi connectivity index (χ4v) is 3.20. The second kappa shape index (κ2) is 5.08. The first kappa shape index (κ1) is 11.7. The standard InChI is InChI=1S/C14H15NO2S/c16-14(15-8-10-4-3-7-17-10)12-9-18-13-6-2-1-5-11(12)13/h1-2,5-6,9-10H,3-4,7-8H2,(H,15,16)/t10-/m1/s1. The Morgan fingerprint density at radius 1 is 1.44 bits per heavy atom. The average molecular weight is 261 g/mol. The molecule has 1 aromatic carbocycles. The van der Waals surface area contributed by atoms with E-state index in [0.717, 1.165) is 35.1 Å². The van der Waals surface area contributed by atoms with Gasteiger partial charge in [-0.15, -0.1) is 11.3 Å². The third kappa shape index (κ3) is 2.26. The minimum atomic E-state index is 0.00273. The summed E-state index contributed by atoms with van der Waals surface area (Å²) in [5, 5.41) is 5.92. The van der Waals surface area contributed by atoms with Crippen LogP contribution in [0.5, 0.6) is 0 Å². The van der Waals surface area contributed by atoms with Gasteiger partial charge in [-0.05, 0) is 18.9 Å². The van der Waals surface area contributed by atoms with Crippen molar-refractivity contribution in [1.29, 1.82) is 0 Å². The largest absolute Gasteiger partial charge is 0.376 e. The van der Waals surface area contributed by atoms with Gasteiger partial charge in [0, 0.05) is 28.6 Å². The Morgan fingerprint density at radius 2 is 2.33 bits per heavy atom. The summed E-state index contributed by atoms with van der Waals surface area (Å²) in [5.41, 5.74) is 0.772. The normalized spacial score (nSPS) is 19.2. The first-order valence-corrected chi connectivity index (χ1v) is 7.08. The van der Waals surface area contributed by atoms with Crippen LogP contribution in [0.15, 0.2) is 29.6 Å². The summed E-state index contributed by atoms with van der Waals surface area (Å²) in [5.74, 6) is 0.00273. The zero-order valence-electron chi connectivity index (χ0n) is 10.0. The lowest BCUT2D eigenvalue weighted by atomic mass is 10.1. The van der Waals surface area contributed by atoms with Crippen LogP contribution in [0.3, 0.4) is 0 Å². The van der Waals surface area contributed by atoms with Gasteiger partial charge in [0.15, 0.2) is 0 Å². The van der Waals surface area contributed by atoms with Crippen LogP contribution >= 0.6 is 11.3 Å². The highest BCUT2D eigenvalue weighted by atomic mass is 32.1. The SMILES string of the molecule is O=C(NC[C@H]1CCCO1)c1csc2ccccc12.